The van der Waals surface area contributed by atoms with Crippen molar-refractivity contribution in [2.24, 2.45) is 0 Å². The number of benzene rings is 2. The second kappa shape index (κ2) is 8.12. The van der Waals surface area contributed by atoms with Crippen LogP contribution in [-0.4, -0.2) is 62.0 Å². The van der Waals surface area contributed by atoms with Crippen LogP contribution in [-0.2, 0) is 0 Å². The lowest BCUT2D eigenvalue weighted by Crippen LogP contribution is -2.50. The topological polar surface area (TPSA) is 59.1 Å². The zero-order valence-electron chi connectivity index (χ0n) is 15.9. The molecule has 0 saturated carbocycles. The van der Waals surface area contributed by atoms with E-state index in [1.54, 1.807) is 54.4 Å². The van der Waals surface area contributed by atoms with Crippen LogP contribution in [0.4, 0.5) is 0 Å². The van der Waals surface area contributed by atoms with E-state index in [-0.39, 0.29) is 11.8 Å². The van der Waals surface area contributed by atoms with Crippen LogP contribution in [0.1, 0.15) is 26.3 Å². The minimum Gasteiger partial charge on any atom is -0.497 e. The van der Waals surface area contributed by atoms with Gasteiger partial charge in [-0.05, 0) is 48.9 Å². The van der Waals surface area contributed by atoms with Crippen molar-refractivity contribution < 1.29 is 19.1 Å². The zero-order valence-corrected chi connectivity index (χ0v) is 15.9. The summed E-state index contributed by atoms with van der Waals surface area (Å²) in [5.74, 6) is 1.36. The minimum atomic E-state index is -0.0372. The minimum absolute atomic E-state index is 0.0262. The average Bonchev–Trinajstić information content (AvgIpc) is 2.73. The first-order valence-electron chi connectivity index (χ1n) is 8.90. The summed E-state index contributed by atoms with van der Waals surface area (Å²) in [4.78, 5) is 28.9. The molecule has 0 N–H and O–H groups in total. The summed E-state index contributed by atoms with van der Waals surface area (Å²) in [5.41, 5.74) is 2.22. The first kappa shape index (κ1) is 18.8. The molecule has 1 saturated heterocycles. The Bertz CT molecular complexity index is 825. The van der Waals surface area contributed by atoms with Gasteiger partial charge in [-0.25, -0.2) is 0 Å². The third-order valence-electron chi connectivity index (χ3n) is 4.85. The van der Waals surface area contributed by atoms with E-state index in [9.17, 15) is 9.59 Å². The molecule has 1 aliphatic heterocycles. The number of hydrogen-bond donors (Lipinski definition) is 0. The van der Waals surface area contributed by atoms with E-state index < -0.39 is 0 Å². The lowest BCUT2D eigenvalue weighted by Gasteiger charge is -2.35. The van der Waals surface area contributed by atoms with Gasteiger partial charge < -0.3 is 19.3 Å². The van der Waals surface area contributed by atoms with Gasteiger partial charge in [-0.15, -0.1) is 0 Å². The zero-order chi connectivity index (χ0) is 19.4. The molecule has 1 heterocycles. The normalized spacial score (nSPS) is 14.0. The predicted molar refractivity (Wildman–Crippen MR) is 103 cm³/mol. The molecule has 0 spiro atoms. The molecular formula is C21H24N2O4. The lowest BCUT2D eigenvalue weighted by atomic mass is 10.1. The number of nitrogens with zero attached hydrogens (tertiary/aromatic N) is 2. The molecule has 2 amide bonds. The Labute approximate surface area is 159 Å². The second-order valence-corrected chi connectivity index (χ2v) is 6.50. The van der Waals surface area contributed by atoms with Crippen LogP contribution in [0.5, 0.6) is 11.5 Å². The Hall–Kier alpha value is -3.02. The summed E-state index contributed by atoms with van der Waals surface area (Å²) < 4.78 is 10.4. The maximum absolute atomic E-state index is 12.7. The molecule has 27 heavy (non-hydrogen) atoms. The first-order chi connectivity index (χ1) is 13.0. The van der Waals surface area contributed by atoms with Gasteiger partial charge in [0.2, 0.25) is 0 Å². The van der Waals surface area contributed by atoms with Crippen molar-refractivity contribution in [3.8, 4) is 11.5 Å². The fourth-order valence-corrected chi connectivity index (χ4v) is 3.16. The lowest BCUT2D eigenvalue weighted by molar-refractivity contribution is 0.0535. The van der Waals surface area contributed by atoms with Crippen LogP contribution >= 0.6 is 0 Å². The summed E-state index contributed by atoms with van der Waals surface area (Å²) in [6, 6.07) is 12.5. The highest BCUT2D eigenvalue weighted by Gasteiger charge is 2.25. The van der Waals surface area contributed by atoms with Crippen molar-refractivity contribution in [1.29, 1.82) is 0 Å². The van der Waals surface area contributed by atoms with E-state index >= 15 is 0 Å². The number of carbonyl (C=O) groups excluding carboxylic acids is 2. The van der Waals surface area contributed by atoms with Gasteiger partial charge >= 0.3 is 0 Å². The highest BCUT2D eigenvalue weighted by Crippen LogP contribution is 2.21. The van der Waals surface area contributed by atoms with Crippen LogP contribution in [0, 0.1) is 6.92 Å². The molecule has 0 aromatic heterocycles. The second-order valence-electron chi connectivity index (χ2n) is 6.50. The summed E-state index contributed by atoms with van der Waals surface area (Å²) >= 11 is 0. The number of rotatable bonds is 4. The molecule has 0 bridgehead atoms. The van der Waals surface area contributed by atoms with Crippen LogP contribution < -0.4 is 9.47 Å². The molecule has 0 atom stereocenters. The predicted octanol–water partition coefficient (Wildman–Crippen LogP) is 2.61. The van der Waals surface area contributed by atoms with Crippen molar-refractivity contribution in [2.75, 3.05) is 40.4 Å². The maximum Gasteiger partial charge on any atom is 0.254 e. The fraction of sp³-hybridized carbons (Fsp3) is 0.333. The first-order valence-corrected chi connectivity index (χ1v) is 8.90. The largest absolute Gasteiger partial charge is 0.497 e. The van der Waals surface area contributed by atoms with Crippen LogP contribution in [0.15, 0.2) is 42.5 Å². The number of methoxy groups -OCH3 is 2. The van der Waals surface area contributed by atoms with Crippen molar-refractivity contribution in [3.05, 3.63) is 59.2 Å². The summed E-state index contributed by atoms with van der Waals surface area (Å²) in [6.07, 6.45) is 0. The molecule has 6 heteroatoms. The van der Waals surface area contributed by atoms with Gasteiger partial charge in [0.25, 0.3) is 11.8 Å². The van der Waals surface area contributed by atoms with Gasteiger partial charge in [-0.1, -0.05) is 6.07 Å². The molecule has 0 aliphatic carbocycles. The number of piperazine rings is 1. The van der Waals surface area contributed by atoms with E-state index in [0.717, 1.165) is 11.3 Å². The van der Waals surface area contributed by atoms with Crippen molar-refractivity contribution in [3.63, 3.8) is 0 Å². The molecule has 6 nitrogen and oxygen atoms in total. The van der Waals surface area contributed by atoms with Crippen molar-refractivity contribution in [1.82, 2.24) is 9.80 Å². The number of aryl methyl sites for hydroxylation is 1. The Balaban J connectivity index is 1.62. The third-order valence-corrected chi connectivity index (χ3v) is 4.85. The Morgan fingerprint density at radius 2 is 1.30 bits per heavy atom. The maximum atomic E-state index is 12.7. The number of ether oxygens (including phenoxy) is 2. The quantitative estimate of drug-likeness (QED) is 0.832. The molecule has 2 aromatic carbocycles. The Morgan fingerprint density at radius 1 is 0.778 bits per heavy atom. The Kier molecular flexibility index (Phi) is 5.64. The van der Waals surface area contributed by atoms with Crippen LogP contribution in [0.2, 0.25) is 0 Å². The molecule has 1 fully saturated rings. The monoisotopic (exact) mass is 368 g/mol. The van der Waals surface area contributed by atoms with Gasteiger partial charge in [-0.2, -0.15) is 0 Å². The standard InChI is InChI=1S/C21H24N2O4/c1-15-4-5-17(14-19(15)27-3)21(25)23-12-10-22(11-13-23)20(24)16-6-8-18(26-2)9-7-16/h4-9,14H,10-13H2,1-3H3. The van der Waals surface area contributed by atoms with E-state index in [4.69, 9.17) is 9.47 Å². The van der Waals surface area contributed by atoms with Gasteiger partial charge in [0.1, 0.15) is 11.5 Å². The highest BCUT2D eigenvalue weighted by molar-refractivity contribution is 5.96. The number of hydrogen-bond acceptors (Lipinski definition) is 4. The van der Waals surface area contributed by atoms with Gasteiger partial charge in [0.05, 0.1) is 14.2 Å². The van der Waals surface area contributed by atoms with Crippen LogP contribution in [0.25, 0.3) is 0 Å². The summed E-state index contributed by atoms with van der Waals surface area (Å²) in [5, 5.41) is 0. The molecule has 1 aliphatic rings. The molecule has 3 rings (SSSR count). The number of amides is 2. The van der Waals surface area contributed by atoms with E-state index in [0.29, 0.717) is 43.1 Å². The summed E-state index contributed by atoms with van der Waals surface area (Å²) in [6.45, 7) is 3.99. The highest BCUT2D eigenvalue weighted by atomic mass is 16.5. The molecule has 0 radical (unpaired) electrons. The van der Waals surface area contributed by atoms with Gasteiger partial charge in [0, 0.05) is 37.3 Å². The molecule has 0 unspecified atom stereocenters. The molecular weight excluding hydrogens is 344 g/mol. The third kappa shape index (κ3) is 4.05. The number of carbonyl (C=O) groups is 2. The smallest absolute Gasteiger partial charge is 0.254 e. The van der Waals surface area contributed by atoms with Crippen molar-refractivity contribution >= 4 is 11.8 Å². The van der Waals surface area contributed by atoms with E-state index in [2.05, 4.69) is 0 Å². The van der Waals surface area contributed by atoms with E-state index in [1.807, 2.05) is 19.1 Å². The molecule has 2 aromatic rings. The average molecular weight is 368 g/mol. The van der Waals surface area contributed by atoms with E-state index in [1.165, 1.54) is 0 Å². The SMILES string of the molecule is COc1ccc(C(=O)N2CCN(C(=O)c3ccc(C)c(OC)c3)CC2)cc1. The van der Waals surface area contributed by atoms with Crippen molar-refractivity contribution in [2.45, 2.75) is 6.92 Å². The Morgan fingerprint density at radius 3 is 1.81 bits per heavy atom. The van der Waals surface area contributed by atoms with Crippen LogP contribution in [0.3, 0.4) is 0 Å². The van der Waals surface area contributed by atoms with Gasteiger partial charge in [0.15, 0.2) is 0 Å². The van der Waals surface area contributed by atoms with Gasteiger partial charge in [-0.3, -0.25) is 9.59 Å². The molecule has 142 valence electrons. The fourth-order valence-electron chi connectivity index (χ4n) is 3.16. The summed E-state index contributed by atoms with van der Waals surface area (Å²) in [7, 11) is 3.19.